The molecule has 0 aliphatic heterocycles. The quantitative estimate of drug-likeness (QED) is 0.473. The van der Waals surface area contributed by atoms with Gasteiger partial charge in [0, 0.05) is 28.3 Å². The van der Waals surface area contributed by atoms with E-state index in [1.165, 1.54) is 12.1 Å². The van der Waals surface area contributed by atoms with Crippen LogP contribution in [0.1, 0.15) is 15.9 Å². The van der Waals surface area contributed by atoms with Gasteiger partial charge >= 0.3 is 0 Å². The Kier molecular flexibility index (Phi) is 5.81. The SMILES string of the molecule is Cc1cccc(C(=O)Nc2ccc3nc(-c4ccc(F)cc4)cc(OCC(N)=O)c3c2)c1. The van der Waals surface area contributed by atoms with Crippen molar-refractivity contribution in [3.63, 3.8) is 0 Å². The summed E-state index contributed by atoms with van der Waals surface area (Å²) in [6.45, 7) is 1.60. The zero-order valence-electron chi connectivity index (χ0n) is 17.3. The topological polar surface area (TPSA) is 94.3 Å². The number of primary amides is 1. The highest BCUT2D eigenvalue weighted by Crippen LogP contribution is 2.32. The second-order valence-corrected chi connectivity index (χ2v) is 7.32. The Hall–Kier alpha value is -4.26. The van der Waals surface area contributed by atoms with E-state index < -0.39 is 5.91 Å². The largest absolute Gasteiger partial charge is 0.483 e. The fourth-order valence-corrected chi connectivity index (χ4v) is 3.30. The molecule has 4 aromatic rings. The molecule has 4 rings (SSSR count). The first-order chi connectivity index (χ1) is 15.4. The van der Waals surface area contributed by atoms with Crippen LogP contribution < -0.4 is 15.8 Å². The lowest BCUT2D eigenvalue weighted by atomic mass is 10.1. The molecule has 0 spiro atoms. The first-order valence-electron chi connectivity index (χ1n) is 9.89. The van der Waals surface area contributed by atoms with Gasteiger partial charge in [-0.3, -0.25) is 9.59 Å². The number of nitrogens with zero attached hydrogens (tertiary/aromatic N) is 1. The maximum atomic E-state index is 13.3. The Bertz CT molecular complexity index is 1320. The molecule has 1 aromatic heterocycles. The zero-order chi connectivity index (χ0) is 22.7. The van der Waals surface area contributed by atoms with Crippen LogP contribution >= 0.6 is 0 Å². The maximum absolute atomic E-state index is 13.3. The molecule has 0 saturated carbocycles. The van der Waals surface area contributed by atoms with Crippen LogP contribution in [0.15, 0.2) is 72.8 Å². The van der Waals surface area contributed by atoms with E-state index in [2.05, 4.69) is 10.3 Å². The Labute approximate surface area is 183 Å². The number of aryl methyl sites for hydroxylation is 1. The van der Waals surface area contributed by atoms with Crippen LogP contribution in [0, 0.1) is 12.7 Å². The molecule has 3 aromatic carbocycles. The number of amides is 2. The van der Waals surface area contributed by atoms with Crippen molar-refractivity contribution >= 4 is 28.4 Å². The monoisotopic (exact) mass is 429 g/mol. The highest BCUT2D eigenvalue weighted by molar-refractivity contribution is 6.05. The summed E-state index contributed by atoms with van der Waals surface area (Å²) in [6.07, 6.45) is 0. The van der Waals surface area contributed by atoms with E-state index in [-0.39, 0.29) is 18.3 Å². The predicted octanol–water partition coefficient (Wildman–Crippen LogP) is 4.47. The molecule has 0 radical (unpaired) electrons. The Morgan fingerprint density at radius 1 is 1.03 bits per heavy atom. The number of carbonyl (C=O) groups excluding carboxylic acids is 2. The van der Waals surface area contributed by atoms with Gasteiger partial charge in [-0.05, 0) is 61.5 Å². The third-order valence-electron chi connectivity index (χ3n) is 4.82. The summed E-state index contributed by atoms with van der Waals surface area (Å²) in [5.41, 5.74) is 9.14. The number of ether oxygens (including phenoxy) is 1. The number of rotatable bonds is 6. The van der Waals surface area contributed by atoms with Crippen LogP contribution in [-0.2, 0) is 4.79 Å². The number of benzene rings is 3. The normalized spacial score (nSPS) is 10.7. The molecule has 0 aliphatic carbocycles. The average Bonchev–Trinajstić information content (AvgIpc) is 2.78. The molecule has 0 atom stereocenters. The molecule has 6 nitrogen and oxygen atoms in total. The van der Waals surface area contributed by atoms with E-state index in [1.807, 2.05) is 19.1 Å². The lowest BCUT2D eigenvalue weighted by Gasteiger charge is -2.13. The molecule has 7 heteroatoms. The summed E-state index contributed by atoms with van der Waals surface area (Å²) in [7, 11) is 0. The highest BCUT2D eigenvalue weighted by atomic mass is 19.1. The van der Waals surface area contributed by atoms with Gasteiger partial charge in [0.1, 0.15) is 11.6 Å². The molecular weight excluding hydrogens is 409 g/mol. The number of carbonyl (C=O) groups is 2. The predicted molar refractivity (Wildman–Crippen MR) is 121 cm³/mol. The number of nitrogens with one attached hydrogen (secondary N) is 1. The second kappa shape index (κ2) is 8.85. The van der Waals surface area contributed by atoms with Crippen molar-refractivity contribution in [3.8, 4) is 17.0 Å². The van der Waals surface area contributed by atoms with Crippen LogP contribution in [0.5, 0.6) is 5.75 Å². The molecule has 160 valence electrons. The number of halogens is 1. The van der Waals surface area contributed by atoms with Crippen molar-refractivity contribution in [2.24, 2.45) is 5.73 Å². The van der Waals surface area contributed by atoms with Crippen molar-refractivity contribution < 1.29 is 18.7 Å². The van der Waals surface area contributed by atoms with E-state index >= 15 is 0 Å². The molecule has 1 heterocycles. The van der Waals surface area contributed by atoms with Crippen LogP contribution in [0.2, 0.25) is 0 Å². The van der Waals surface area contributed by atoms with E-state index in [0.29, 0.717) is 39.2 Å². The third-order valence-corrected chi connectivity index (χ3v) is 4.82. The first-order valence-corrected chi connectivity index (χ1v) is 9.89. The summed E-state index contributed by atoms with van der Waals surface area (Å²) in [5, 5.41) is 3.46. The van der Waals surface area contributed by atoms with Gasteiger partial charge in [-0.25, -0.2) is 9.37 Å². The van der Waals surface area contributed by atoms with Crippen molar-refractivity contribution in [1.82, 2.24) is 4.98 Å². The second-order valence-electron chi connectivity index (χ2n) is 7.32. The van der Waals surface area contributed by atoms with Gasteiger partial charge in [0.15, 0.2) is 6.61 Å². The summed E-state index contributed by atoms with van der Waals surface area (Å²) < 4.78 is 18.9. The summed E-state index contributed by atoms with van der Waals surface area (Å²) >= 11 is 0. The van der Waals surface area contributed by atoms with Crippen molar-refractivity contribution in [2.45, 2.75) is 6.92 Å². The number of hydrogen-bond donors (Lipinski definition) is 2. The molecule has 0 bridgehead atoms. The lowest BCUT2D eigenvalue weighted by Crippen LogP contribution is -2.20. The lowest BCUT2D eigenvalue weighted by molar-refractivity contribution is -0.119. The fourth-order valence-electron chi connectivity index (χ4n) is 3.30. The maximum Gasteiger partial charge on any atom is 0.255 e. The molecule has 3 N–H and O–H groups in total. The molecule has 32 heavy (non-hydrogen) atoms. The van der Waals surface area contributed by atoms with Gasteiger partial charge in [-0.15, -0.1) is 0 Å². The minimum atomic E-state index is -0.623. The molecular formula is C25H20FN3O3. The standard InChI is InChI=1S/C25H20FN3O3/c1-15-3-2-4-17(11-15)25(31)28-19-9-10-21-20(12-19)23(32-14-24(27)30)13-22(29-21)16-5-7-18(26)8-6-16/h2-13H,14H2,1H3,(H2,27,30)(H,28,31). The Morgan fingerprint density at radius 2 is 1.81 bits per heavy atom. The summed E-state index contributed by atoms with van der Waals surface area (Å²) in [4.78, 5) is 28.5. The Morgan fingerprint density at radius 3 is 2.53 bits per heavy atom. The van der Waals surface area contributed by atoms with E-state index in [4.69, 9.17) is 10.5 Å². The number of aromatic nitrogens is 1. The number of fused-ring (bicyclic) bond motifs is 1. The van der Waals surface area contributed by atoms with Crippen molar-refractivity contribution in [2.75, 3.05) is 11.9 Å². The average molecular weight is 429 g/mol. The molecule has 0 unspecified atom stereocenters. The number of anilines is 1. The van der Waals surface area contributed by atoms with Crippen LogP contribution in [0.25, 0.3) is 22.2 Å². The minimum Gasteiger partial charge on any atom is -0.483 e. The third kappa shape index (κ3) is 4.73. The molecule has 2 amide bonds. The van der Waals surface area contributed by atoms with Crippen LogP contribution in [-0.4, -0.2) is 23.4 Å². The molecule has 0 aliphatic rings. The number of nitrogens with two attached hydrogens (primary N) is 1. The van der Waals surface area contributed by atoms with Gasteiger partial charge in [-0.1, -0.05) is 17.7 Å². The molecule has 0 fully saturated rings. The van der Waals surface area contributed by atoms with Crippen molar-refractivity contribution in [3.05, 3.63) is 89.7 Å². The van der Waals surface area contributed by atoms with Gasteiger partial charge in [-0.2, -0.15) is 0 Å². The van der Waals surface area contributed by atoms with Gasteiger partial charge < -0.3 is 15.8 Å². The number of hydrogen-bond acceptors (Lipinski definition) is 4. The summed E-state index contributed by atoms with van der Waals surface area (Å²) in [6, 6.07) is 20.0. The van der Waals surface area contributed by atoms with Gasteiger partial charge in [0.25, 0.3) is 11.8 Å². The van der Waals surface area contributed by atoms with Crippen LogP contribution in [0.3, 0.4) is 0 Å². The van der Waals surface area contributed by atoms with Gasteiger partial charge in [0.05, 0.1) is 11.2 Å². The van der Waals surface area contributed by atoms with E-state index in [1.54, 1.807) is 48.5 Å². The Balaban J connectivity index is 1.72. The van der Waals surface area contributed by atoms with E-state index in [0.717, 1.165) is 5.56 Å². The zero-order valence-corrected chi connectivity index (χ0v) is 17.3. The minimum absolute atomic E-state index is 0.247. The van der Waals surface area contributed by atoms with Crippen LogP contribution in [0.4, 0.5) is 10.1 Å². The van der Waals surface area contributed by atoms with Crippen molar-refractivity contribution in [1.29, 1.82) is 0 Å². The summed E-state index contributed by atoms with van der Waals surface area (Å²) in [5.74, 6) is -0.848. The molecule has 0 saturated heterocycles. The fraction of sp³-hybridized carbons (Fsp3) is 0.0800. The van der Waals surface area contributed by atoms with E-state index in [9.17, 15) is 14.0 Å². The first kappa shape index (κ1) is 21.0. The highest BCUT2D eigenvalue weighted by Gasteiger charge is 2.13. The number of pyridine rings is 1. The van der Waals surface area contributed by atoms with Gasteiger partial charge in [0.2, 0.25) is 0 Å². The smallest absolute Gasteiger partial charge is 0.255 e.